The number of para-hydroxylation sites is 1. The van der Waals surface area contributed by atoms with Gasteiger partial charge in [-0.25, -0.2) is 8.42 Å². The second kappa shape index (κ2) is 7.99. The number of hydrogen-bond acceptors (Lipinski definition) is 4. The molecule has 0 aliphatic carbocycles. The van der Waals surface area contributed by atoms with Gasteiger partial charge in [-0.2, -0.15) is 4.31 Å². The molecule has 0 aromatic heterocycles. The third kappa shape index (κ3) is 3.80. The lowest BCUT2D eigenvalue weighted by molar-refractivity contribution is 0.0730. The fourth-order valence-electron chi connectivity index (χ4n) is 2.91. The van der Waals surface area contributed by atoms with Crippen LogP contribution in [-0.2, 0) is 14.8 Å². The Morgan fingerprint density at radius 1 is 1.04 bits per heavy atom. The first kappa shape index (κ1) is 18.6. The third-order valence-corrected chi connectivity index (χ3v) is 6.25. The highest BCUT2D eigenvalue weighted by atomic mass is 32.2. The number of ether oxygens (including phenoxy) is 1. The van der Waals surface area contributed by atoms with E-state index < -0.39 is 10.0 Å². The topological polar surface area (TPSA) is 66.9 Å². The molecule has 0 bridgehead atoms. The van der Waals surface area contributed by atoms with Crippen molar-refractivity contribution in [3.8, 4) is 0 Å². The van der Waals surface area contributed by atoms with Crippen molar-refractivity contribution >= 4 is 21.6 Å². The first-order valence-corrected chi connectivity index (χ1v) is 10.0. The molecule has 0 unspecified atom stereocenters. The predicted octanol–water partition coefficient (Wildman–Crippen LogP) is 2.37. The van der Waals surface area contributed by atoms with Crippen LogP contribution in [0.4, 0.5) is 5.69 Å². The van der Waals surface area contributed by atoms with Gasteiger partial charge in [-0.1, -0.05) is 18.2 Å². The van der Waals surface area contributed by atoms with E-state index in [0.29, 0.717) is 38.4 Å². The summed E-state index contributed by atoms with van der Waals surface area (Å²) in [6.45, 7) is 3.93. The van der Waals surface area contributed by atoms with Gasteiger partial charge < -0.3 is 9.64 Å². The van der Waals surface area contributed by atoms with Crippen LogP contribution in [-0.4, -0.2) is 51.5 Å². The SMILES string of the molecule is CCN(C(=O)c1ccc(S(=O)(=O)N2CCOCC2)cc1)c1ccccc1. The highest BCUT2D eigenvalue weighted by Gasteiger charge is 2.26. The van der Waals surface area contributed by atoms with Gasteiger partial charge in [0.25, 0.3) is 5.91 Å². The molecule has 0 atom stereocenters. The number of rotatable bonds is 5. The average Bonchev–Trinajstić information content (AvgIpc) is 2.70. The Kier molecular flexibility index (Phi) is 5.70. The number of amides is 1. The maximum Gasteiger partial charge on any atom is 0.258 e. The van der Waals surface area contributed by atoms with E-state index in [2.05, 4.69) is 0 Å². The number of carbonyl (C=O) groups is 1. The van der Waals surface area contributed by atoms with Gasteiger partial charge in [0.1, 0.15) is 0 Å². The van der Waals surface area contributed by atoms with Crippen LogP contribution in [0.15, 0.2) is 59.5 Å². The fraction of sp³-hybridized carbons (Fsp3) is 0.316. The Morgan fingerprint density at radius 3 is 2.23 bits per heavy atom. The normalized spacial score (nSPS) is 15.6. The summed E-state index contributed by atoms with van der Waals surface area (Å²) in [7, 11) is -3.55. The van der Waals surface area contributed by atoms with Gasteiger partial charge in [0.05, 0.1) is 18.1 Å². The molecule has 1 amide bonds. The van der Waals surface area contributed by atoms with Gasteiger partial charge in [-0.05, 0) is 43.3 Å². The zero-order valence-electron chi connectivity index (χ0n) is 14.7. The highest BCUT2D eigenvalue weighted by molar-refractivity contribution is 7.89. The number of hydrogen-bond donors (Lipinski definition) is 0. The minimum atomic E-state index is -3.55. The van der Waals surface area contributed by atoms with Crippen molar-refractivity contribution in [1.29, 1.82) is 0 Å². The van der Waals surface area contributed by atoms with E-state index in [1.54, 1.807) is 17.0 Å². The summed E-state index contributed by atoms with van der Waals surface area (Å²) in [5.74, 6) is -0.158. The van der Waals surface area contributed by atoms with Crippen molar-refractivity contribution in [2.45, 2.75) is 11.8 Å². The van der Waals surface area contributed by atoms with Crippen molar-refractivity contribution in [2.75, 3.05) is 37.7 Å². The summed E-state index contributed by atoms with van der Waals surface area (Å²) in [5.41, 5.74) is 1.27. The van der Waals surface area contributed by atoms with Crippen molar-refractivity contribution in [3.05, 3.63) is 60.2 Å². The quantitative estimate of drug-likeness (QED) is 0.806. The van der Waals surface area contributed by atoms with E-state index in [9.17, 15) is 13.2 Å². The molecular weight excluding hydrogens is 352 g/mol. The first-order chi connectivity index (χ1) is 12.5. The standard InChI is InChI=1S/C19H22N2O4S/c1-2-21(17-6-4-3-5-7-17)19(22)16-8-10-18(11-9-16)26(23,24)20-12-14-25-15-13-20/h3-11H,2,12-15H2,1H3. The van der Waals surface area contributed by atoms with Crippen molar-refractivity contribution in [3.63, 3.8) is 0 Å². The zero-order chi connectivity index (χ0) is 18.6. The van der Waals surface area contributed by atoms with Gasteiger partial charge >= 0.3 is 0 Å². The summed E-state index contributed by atoms with van der Waals surface area (Å²) < 4.78 is 31.9. The van der Waals surface area contributed by atoms with E-state index >= 15 is 0 Å². The Hall–Kier alpha value is -2.22. The Labute approximate surface area is 154 Å². The van der Waals surface area contributed by atoms with Crippen LogP contribution < -0.4 is 4.90 Å². The smallest absolute Gasteiger partial charge is 0.258 e. The fourth-order valence-corrected chi connectivity index (χ4v) is 4.32. The molecule has 1 fully saturated rings. The van der Waals surface area contributed by atoms with Crippen LogP contribution in [0, 0.1) is 0 Å². The summed E-state index contributed by atoms with van der Waals surface area (Å²) in [6.07, 6.45) is 0. The van der Waals surface area contributed by atoms with Crippen LogP contribution in [0.5, 0.6) is 0 Å². The van der Waals surface area contributed by atoms with Crippen LogP contribution in [0.3, 0.4) is 0 Å². The van der Waals surface area contributed by atoms with Gasteiger partial charge in [0, 0.05) is 30.9 Å². The lowest BCUT2D eigenvalue weighted by Crippen LogP contribution is -2.40. The van der Waals surface area contributed by atoms with Crippen LogP contribution in [0.1, 0.15) is 17.3 Å². The summed E-state index contributed by atoms with van der Waals surface area (Å²) in [5, 5.41) is 0. The summed E-state index contributed by atoms with van der Waals surface area (Å²) >= 11 is 0. The molecule has 1 aliphatic rings. The predicted molar refractivity (Wildman–Crippen MR) is 99.8 cm³/mol. The first-order valence-electron chi connectivity index (χ1n) is 8.59. The number of sulfonamides is 1. The number of anilines is 1. The maximum absolute atomic E-state index is 12.8. The molecule has 2 aromatic rings. The lowest BCUT2D eigenvalue weighted by atomic mass is 10.2. The zero-order valence-corrected chi connectivity index (χ0v) is 15.5. The average molecular weight is 374 g/mol. The molecule has 2 aromatic carbocycles. The number of morpholine rings is 1. The second-order valence-electron chi connectivity index (χ2n) is 5.93. The number of carbonyl (C=O) groups excluding carboxylic acids is 1. The minimum absolute atomic E-state index is 0.158. The van der Waals surface area contributed by atoms with Gasteiger partial charge in [0.15, 0.2) is 0 Å². The van der Waals surface area contributed by atoms with E-state index in [4.69, 9.17) is 4.74 Å². The lowest BCUT2D eigenvalue weighted by Gasteiger charge is -2.26. The summed E-state index contributed by atoms with van der Waals surface area (Å²) in [4.78, 5) is 14.6. The molecule has 1 aliphatic heterocycles. The Bertz CT molecular complexity index is 845. The molecule has 0 N–H and O–H groups in total. The monoisotopic (exact) mass is 374 g/mol. The Balaban J connectivity index is 1.81. The molecule has 1 heterocycles. The van der Waals surface area contributed by atoms with Gasteiger partial charge in [-0.3, -0.25) is 4.79 Å². The molecule has 0 saturated carbocycles. The van der Waals surface area contributed by atoms with Crippen molar-refractivity contribution in [1.82, 2.24) is 4.31 Å². The highest BCUT2D eigenvalue weighted by Crippen LogP contribution is 2.20. The summed E-state index contributed by atoms with van der Waals surface area (Å²) in [6, 6.07) is 15.5. The molecule has 26 heavy (non-hydrogen) atoms. The molecule has 138 valence electrons. The van der Waals surface area contributed by atoms with E-state index in [1.807, 2.05) is 37.3 Å². The molecule has 0 spiro atoms. The third-order valence-electron chi connectivity index (χ3n) is 4.34. The van der Waals surface area contributed by atoms with Gasteiger partial charge in [0.2, 0.25) is 10.0 Å². The van der Waals surface area contributed by atoms with Crippen molar-refractivity contribution in [2.24, 2.45) is 0 Å². The Morgan fingerprint density at radius 2 is 1.65 bits per heavy atom. The van der Waals surface area contributed by atoms with Crippen LogP contribution >= 0.6 is 0 Å². The van der Waals surface area contributed by atoms with Gasteiger partial charge in [-0.15, -0.1) is 0 Å². The van der Waals surface area contributed by atoms with Crippen LogP contribution in [0.25, 0.3) is 0 Å². The van der Waals surface area contributed by atoms with E-state index in [0.717, 1.165) is 5.69 Å². The second-order valence-corrected chi connectivity index (χ2v) is 7.86. The molecule has 3 rings (SSSR count). The maximum atomic E-state index is 12.8. The minimum Gasteiger partial charge on any atom is -0.379 e. The molecular formula is C19H22N2O4S. The molecule has 7 heteroatoms. The van der Waals surface area contributed by atoms with Crippen LogP contribution in [0.2, 0.25) is 0 Å². The van der Waals surface area contributed by atoms with E-state index in [1.165, 1.54) is 16.4 Å². The molecule has 6 nitrogen and oxygen atoms in total. The number of nitrogens with zero attached hydrogens (tertiary/aromatic N) is 2. The largest absolute Gasteiger partial charge is 0.379 e. The number of benzene rings is 2. The van der Waals surface area contributed by atoms with Crippen molar-refractivity contribution < 1.29 is 17.9 Å². The molecule has 1 saturated heterocycles. The van der Waals surface area contributed by atoms with E-state index in [-0.39, 0.29) is 10.8 Å². The molecule has 0 radical (unpaired) electrons.